The smallest absolute Gasteiger partial charge is 0.414 e. The SMILES string of the molecule is O=C(O)C(=O)O.OC(CCC#CCNCCCc1ccccc1)(c1ccccc1)C1SCCCS1. The van der Waals surface area contributed by atoms with Crippen LogP contribution in [0.25, 0.3) is 0 Å². The number of aliphatic carboxylic acids is 2. The third-order valence-corrected chi connectivity index (χ3v) is 8.56. The van der Waals surface area contributed by atoms with Crippen molar-refractivity contribution >= 4 is 35.5 Å². The van der Waals surface area contributed by atoms with E-state index in [2.05, 4.69) is 59.6 Å². The van der Waals surface area contributed by atoms with Crippen LogP contribution < -0.4 is 5.32 Å². The fourth-order valence-electron chi connectivity index (χ4n) is 3.51. The molecule has 2 aromatic carbocycles. The molecule has 1 fully saturated rings. The molecule has 0 saturated carbocycles. The third-order valence-electron chi connectivity index (χ3n) is 5.31. The molecular formula is C27H33NO5S2. The largest absolute Gasteiger partial charge is 0.473 e. The first-order chi connectivity index (χ1) is 16.9. The van der Waals surface area contributed by atoms with Crippen molar-refractivity contribution in [2.24, 2.45) is 0 Å². The van der Waals surface area contributed by atoms with Gasteiger partial charge in [0.15, 0.2) is 0 Å². The van der Waals surface area contributed by atoms with Crippen LogP contribution in [0.5, 0.6) is 0 Å². The van der Waals surface area contributed by atoms with Gasteiger partial charge in [-0.15, -0.1) is 29.4 Å². The van der Waals surface area contributed by atoms with E-state index in [4.69, 9.17) is 19.8 Å². The summed E-state index contributed by atoms with van der Waals surface area (Å²) in [6, 6.07) is 20.7. The van der Waals surface area contributed by atoms with Crippen molar-refractivity contribution in [3.8, 4) is 11.8 Å². The molecule has 2 aromatic rings. The van der Waals surface area contributed by atoms with Crippen LogP contribution in [0.15, 0.2) is 60.7 Å². The first kappa shape index (κ1) is 28.8. The van der Waals surface area contributed by atoms with Crippen LogP contribution in [0.1, 0.15) is 36.8 Å². The molecule has 6 nitrogen and oxygen atoms in total. The van der Waals surface area contributed by atoms with E-state index in [0.717, 1.165) is 36.5 Å². The molecular weight excluding hydrogens is 482 g/mol. The summed E-state index contributed by atoms with van der Waals surface area (Å²) in [6.45, 7) is 1.69. The van der Waals surface area contributed by atoms with Gasteiger partial charge in [0, 0.05) is 6.42 Å². The maximum atomic E-state index is 11.6. The Balaban J connectivity index is 0.000000641. The van der Waals surface area contributed by atoms with Gasteiger partial charge in [0.1, 0.15) is 5.60 Å². The Morgan fingerprint density at radius 1 is 0.943 bits per heavy atom. The van der Waals surface area contributed by atoms with Crippen LogP contribution in [0.4, 0.5) is 0 Å². The Morgan fingerprint density at radius 3 is 2.14 bits per heavy atom. The quantitative estimate of drug-likeness (QED) is 0.223. The molecule has 4 N–H and O–H groups in total. The highest BCUT2D eigenvalue weighted by molar-refractivity contribution is 8.17. The number of benzene rings is 2. The predicted molar refractivity (Wildman–Crippen MR) is 144 cm³/mol. The molecule has 35 heavy (non-hydrogen) atoms. The monoisotopic (exact) mass is 515 g/mol. The number of aryl methyl sites for hydroxylation is 1. The topological polar surface area (TPSA) is 107 Å². The molecule has 0 radical (unpaired) electrons. The second kappa shape index (κ2) is 16.3. The fraction of sp³-hybridized carbons (Fsp3) is 0.407. The lowest BCUT2D eigenvalue weighted by atomic mass is 9.90. The Kier molecular flexibility index (Phi) is 13.4. The van der Waals surface area contributed by atoms with Crippen molar-refractivity contribution < 1.29 is 24.9 Å². The lowest BCUT2D eigenvalue weighted by molar-refractivity contribution is -0.159. The molecule has 1 aliphatic rings. The molecule has 0 bridgehead atoms. The second-order valence-electron chi connectivity index (χ2n) is 7.95. The number of rotatable bonds is 9. The molecule has 0 aliphatic carbocycles. The summed E-state index contributed by atoms with van der Waals surface area (Å²) in [5, 5.41) is 29.7. The van der Waals surface area contributed by atoms with E-state index in [1.165, 1.54) is 12.0 Å². The van der Waals surface area contributed by atoms with Crippen molar-refractivity contribution in [1.82, 2.24) is 5.32 Å². The molecule has 188 valence electrons. The standard InChI is InChI=1S/C25H31NOS2.C2H2O4/c27-25(23-15-6-2-7-16-23,24-28-20-11-21-29-24)17-8-3-9-18-26-19-10-14-22-12-4-1-5-13-22;3-1(4)2(5)6/h1-2,4-7,12-13,15-16,24,26-27H,8,10-11,14,17-21H2;(H,3,4)(H,5,6). The second-order valence-corrected chi connectivity index (χ2v) is 10.7. The van der Waals surface area contributed by atoms with E-state index in [1.54, 1.807) is 0 Å². The minimum absolute atomic E-state index is 0.191. The van der Waals surface area contributed by atoms with Crippen LogP contribution in [0.3, 0.4) is 0 Å². The van der Waals surface area contributed by atoms with Gasteiger partial charge in [-0.2, -0.15) is 0 Å². The van der Waals surface area contributed by atoms with Gasteiger partial charge in [0.05, 0.1) is 11.1 Å². The van der Waals surface area contributed by atoms with Crippen molar-refractivity contribution in [2.75, 3.05) is 24.6 Å². The molecule has 3 rings (SSSR count). The summed E-state index contributed by atoms with van der Waals surface area (Å²) >= 11 is 3.79. The van der Waals surface area contributed by atoms with Crippen molar-refractivity contribution in [2.45, 2.75) is 42.3 Å². The van der Waals surface area contributed by atoms with E-state index in [1.807, 2.05) is 41.7 Å². The summed E-state index contributed by atoms with van der Waals surface area (Å²) in [5.41, 5.74) is 1.60. The van der Waals surface area contributed by atoms with Gasteiger partial charge in [-0.05, 0) is 54.9 Å². The average Bonchev–Trinajstić information content (AvgIpc) is 2.89. The summed E-state index contributed by atoms with van der Waals surface area (Å²) in [5.74, 6) is 5.11. The van der Waals surface area contributed by atoms with Gasteiger partial charge in [0.2, 0.25) is 0 Å². The average molecular weight is 516 g/mol. The zero-order valence-corrected chi connectivity index (χ0v) is 21.3. The summed E-state index contributed by atoms with van der Waals surface area (Å²) in [6.07, 6.45) is 4.85. The van der Waals surface area contributed by atoms with E-state index < -0.39 is 17.5 Å². The van der Waals surface area contributed by atoms with Gasteiger partial charge in [0.25, 0.3) is 0 Å². The number of carboxylic acids is 2. The van der Waals surface area contributed by atoms with Gasteiger partial charge in [-0.3, -0.25) is 0 Å². The van der Waals surface area contributed by atoms with Crippen molar-refractivity contribution in [3.63, 3.8) is 0 Å². The first-order valence-corrected chi connectivity index (χ1v) is 13.7. The molecule has 0 amide bonds. The van der Waals surface area contributed by atoms with Gasteiger partial charge in [-0.1, -0.05) is 66.6 Å². The number of carboxylic acid groups (broad SMARTS) is 2. The zero-order chi connectivity index (χ0) is 25.4. The zero-order valence-electron chi connectivity index (χ0n) is 19.7. The van der Waals surface area contributed by atoms with Crippen molar-refractivity contribution in [3.05, 3.63) is 71.8 Å². The highest BCUT2D eigenvalue weighted by atomic mass is 32.2. The molecule has 1 unspecified atom stereocenters. The number of hydrogen-bond acceptors (Lipinski definition) is 6. The third kappa shape index (κ3) is 10.8. The Labute approximate surface area is 215 Å². The van der Waals surface area contributed by atoms with E-state index >= 15 is 0 Å². The van der Waals surface area contributed by atoms with Crippen LogP contribution in [0.2, 0.25) is 0 Å². The number of carbonyl (C=O) groups is 2. The minimum Gasteiger partial charge on any atom is -0.473 e. The van der Waals surface area contributed by atoms with Crippen LogP contribution in [0, 0.1) is 11.8 Å². The number of nitrogens with one attached hydrogen (secondary N) is 1. The van der Waals surface area contributed by atoms with E-state index in [9.17, 15) is 5.11 Å². The molecule has 0 aromatic heterocycles. The molecule has 1 saturated heterocycles. The highest BCUT2D eigenvalue weighted by Crippen LogP contribution is 2.45. The predicted octanol–water partition coefficient (Wildman–Crippen LogP) is 4.23. The lowest BCUT2D eigenvalue weighted by Gasteiger charge is -2.37. The van der Waals surface area contributed by atoms with Crippen molar-refractivity contribution in [1.29, 1.82) is 0 Å². The molecule has 1 heterocycles. The Morgan fingerprint density at radius 2 is 1.54 bits per heavy atom. The normalized spacial score (nSPS) is 15.0. The van der Waals surface area contributed by atoms with Gasteiger partial charge in [-0.25, -0.2) is 9.59 Å². The highest BCUT2D eigenvalue weighted by Gasteiger charge is 2.39. The molecule has 8 heteroatoms. The fourth-order valence-corrected chi connectivity index (χ4v) is 6.76. The maximum absolute atomic E-state index is 11.6. The van der Waals surface area contributed by atoms with Crippen LogP contribution in [-0.4, -0.2) is 56.4 Å². The van der Waals surface area contributed by atoms with Crippen LogP contribution >= 0.6 is 23.5 Å². The summed E-state index contributed by atoms with van der Waals surface area (Å²) in [7, 11) is 0. The molecule has 1 aliphatic heterocycles. The Bertz CT molecular complexity index is 944. The minimum atomic E-state index is -1.82. The lowest BCUT2D eigenvalue weighted by Crippen LogP contribution is -2.37. The van der Waals surface area contributed by atoms with E-state index in [-0.39, 0.29) is 4.58 Å². The summed E-state index contributed by atoms with van der Waals surface area (Å²) in [4.78, 5) is 18.2. The van der Waals surface area contributed by atoms with E-state index in [0.29, 0.717) is 19.4 Å². The van der Waals surface area contributed by atoms with Crippen LogP contribution in [-0.2, 0) is 21.6 Å². The molecule has 0 spiro atoms. The number of thioether (sulfide) groups is 2. The molecule has 1 atom stereocenters. The van der Waals surface area contributed by atoms with Gasteiger partial charge < -0.3 is 20.6 Å². The van der Waals surface area contributed by atoms with Gasteiger partial charge >= 0.3 is 11.9 Å². The summed E-state index contributed by atoms with van der Waals surface area (Å²) < 4.78 is 0.191. The number of aliphatic hydroxyl groups is 1. The maximum Gasteiger partial charge on any atom is 0.414 e. The first-order valence-electron chi connectivity index (χ1n) is 11.6. The number of hydrogen-bond donors (Lipinski definition) is 4. The Hall–Kier alpha value is -2.44.